The van der Waals surface area contributed by atoms with Gasteiger partial charge in [0.2, 0.25) is 5.91 Å². The summed E-state index contributed by atoms with van der Waals surface area (Å²) in [5, 5.41) is 3.37. The SMILES string of the molecule is CN1CC[C@@H](NC(=O)C(C)(C)C2CCOCC2)[C@@H]1c1ccccc1. The maximum Gasteiger partial charge on any atom is 0.226 e. The molecule has 1 aromatic carbocycles. The molecule has 0 radical (unpaired) electrons. The van der Waals surface area contributed by atoms with E-state index in [1.165, 1.54) is 5.56 Å². The minimum absolute atomic E-state index is 0.184. The van der Waals surface area contributed by atoms with Gasteiger partial charge in [-0.2, -0.15) is 0 Å². The average molecular weight is 330 g/mol. The first-order valence-corrected chi connectivity index (χ1v) is 9.14. The van der Waals surface area contributed by atoms with Crippen molar-refractivity contribution in [1.82, 2.24) is 10.2 Å². The van der Waals surface area contributed by atoms with E-state index in [4.69, 9.17) is 4.74 Å². The van der Waals surface area contributed by atoms with Crippen LogP contribution in [-0.4, -0.2) is 43.7 Å². The van der Waals surface area contributed by atoms with Gasteiger partial charge in [-0.15, -0.1) is 0 Å². The van der Waals surface area contributed by atoms with Crippen LogP contribution < -0.4 is 5.32 Å². The van der Waals surface area contributed by atoms with E-state index in [0.717, 1.165) is 39.0 Å². The molecule has 24 heavy (non-hydrogen) atoms. The summed E-state index contributed by atoms with van der Waals surface area (Å²) in [5.41, 5.74) is 0.943. The number of nitrogens with zero attached hydrogens (tertiary/aromatic N) is 1. The second-order valence-corrected chi connectivity index (χ2v) is 7.81. The molecule has 2 fully saturated rings. The molecule has 0 aliphatic carbocycles. The maximum absolute atomic E-state index is 13.0. The van der Waals surface area contributed by atoms with Gasteiger partial charge < -0.3 is 10.1 Å². The van der Waals surface area contributed by atoms with E-state index < -0.39 is 0 Å². The summed E-state index contributed by atoms with van der Waals surface area (Å²) in [6, 6.07) is 11.0. The van der Waals surface area contributed by atoms with Crippen LogP contribution in [0.15, 0.2) is 30.3 Å². The smallest absolute Gasteiger partial charge is 0.226 e. The van der Waals surface area contributed by atoms with E-state index in [1.807, 2.05) is 6.07 Å². The Labute approximate surface area is 145 Å². The molecule has 0 unspecified atom stereocenters. The van der Waals surface area contributed by atoms with Gasteiger partial charge in [0.15, 0.2) is 0 Å². The lowest BCUT2D eigenvalue weighted by Gasteiger charge is -2.37. The fourth-order valence-corrected chi connectivity index (χ4v) is 4.19. The molecule has 0 spiro atoms. The molecule has 1 amide bonds. The lowest BCUT2D eigenvalue weighted by atomic mass is 9.73. The van der Waals surface area contributed by atoms with Crippen molar-refractivity contribution in [3.8, 4) is 0 Å². The molecule has 132 valence electrons. The number of nitrogens with one attached hydrogen (secondary N) is 1. The Hall–Kier alpha value is -1.39. The summed E-state index contributed by atoms with van der Waals surface area (Å²) in [4.78, 5) is 15.4. The van der Waals surface area contributed by atoms with Crippen LogP contribution in [0.4, 0.5) is 0 Å². The number of likely N-dealkylation sites (tertiary alicyclic amines) is 1. The molecular formula is C20H30N2O2. The molecule has 4 heteroatoms. The standard InChI is InChI=1S/C20H30N2O2/c1-20(2,16-10-13-24-14-11-16)19(23)21-17-9-12-22(3)18(17)15-7-5-4-6-8-15/h4-8,16-18H,9-14H2,1-3H3,(H,21,23)/t17-,18+/m1/s1. The second-order valence-electron chi connectivity index (χ2n) is 7.81. The van der Waals surface area contributed by atoms with Crippen molar-refractivity contribution in [2.45, 2.75) is 45.2 Å². The van der Waals surface area contributed by atoms with E-state index in [2.05, 4.69) is 55.4 Å². The van der Waals surface area contributed by atoms with Crippen molar-refractivity contribution in [1.29, 1.82) is 0 Å². The van der Waals surface area contributed by atoms with Gasteiger partial charge in [0, 0.05) is 31.2 Å². The number of carbonyl (C=O) groups is 1. The Morgan fingerprint density at radius 1 is 1.17 bits per heavy atom. The summed E-state index contributed by atoms with van der Waals surface area (Å²) >= 11 is 0. The first kappa shape index (κ1) is 17.4. The van der Waals surface area contributed by atoms with Crippen LogP contribution in [0.1, 0.15) is 44.7 Å². The highest BCUT2D eigenvalue weighted by molar-refractivity contribution is 5.82. The second kappa shape index (κ2) is 7.24. The molecule has 2 saturated heterocycles. The zero-order chi connectivity index (χ0) is 17.2. The summed E-state index contributed by atoms with van der Waals surface area (Å²) in [6.45, 7) is 6.76. The third-order valence-electron chi connectivity index (χ3n) is 5.93. The van der Waals surface area contributed by atoms with Crippen molar-refractivity contribution >= 4 is 5.91 Å². The largest absolute Gasteiger partial charge is 0.381 e. The Morgan fingerprint density at radius 3 is 2.50 bits per heavy atom. The number of rotatable bonds is 4. The Kier molecular flexibility index (Phi) is 5.26. The highest BCUT2D eigenvalue weighted by Gasteiger charge is 2.41. The molecule has 2 heterocycles. The molecule has 1 aromatic rings. The first-order valence-electron chi connectivity index (χ1n) is 9.14. The summed E-state index contributed by atoms with van der Waals surface area (Å²) in [7, 11) is 2.15. The molecule has 3 rings (SSSR count). The summed E-state index contributed by atoms with van der Waals surface area (Å²) < 4.78 is 5.46. The third-order valence-corrected chi connectivity index (χ3v) is 5.93. The van der Waals surface area contributed by atoms with Crippen LogP contribution in [0.2, 0.25) is 0 Å². The van der Waals surface area contributed by atoms with Crippen molar-refractivity contribution in [3.63, 3.8) is 0 Å². The van der Waals surface area contributed by atoms with E-state index >= 15 is 0 Å². The van der Waals surface area contributed by atoms with Crippen molar-refractivity contribution < 1.29 is 9.53 Å². The molecule has 1 N–H and O–H groups in total. The highest BCUT2D eigenvalue weighted by Crippen LogP contribution is 2.36. The van der Waals surface area contributed by atoms with Gasteiger partial charge in [-0.25, -0.2) is 0 Å². The van der Waals surface area contributed by atoms with Crippen LogP contribution in [0.3, 0.4) is 0 Å². The quantitative estimate of drug-likeness (QED) is 0.923. The molecule has 2 aliphatic rings. The molecule has 0 bridgehead atoms. The molecule has 0 saturated carbocycles. The number of hydrogen-bond acceptors (Lipinski definition) is 3. The highest BCUT2D eigenvalue weighted by atomic mass is 16.5. The zero-order valence-corrected chi connectivity index (χ0v) is 15.1. The predicted molar refractivity (Wildman–Crippen MR) is 95.7 cm³/mol. The van der Waals surface area contributed by atoms with Gasteiger partial charge in [0.1, 0.15) is 0 Å². The van der Waals surface area contributed by atoms with Gasteiger partial charge in [-0.05, 0) is 37.8 Å². The molecule has 4 nitrogen and oxygen atoms in total. The van der Waals surface area contributed by atoms with Crippen LogP contribution in [-0.2, 0) is 9.53 Å². The van der Waals surface area contributed by atoms with Gasteiger partial charge >= 0.3 is 0 Å². The van der Waals surface area contributed by atoms with E-state index in [0.29, 0.717) is 5.92 Å². The number of ether oxygens (including phenoxy) is 1. The summed E-state index contributed by atoms with van der Waals surface area (Å²) in [6.07, 6.45) is 2.96. The molecule has 2 atom stereocenters. The number of likely N-dealkylation sites (N-methyl/N-ethyl adjacent to an activating group) is 1. The predicted octanol–water partition coefficient (Wildman–Crippen LogP) is 3.00. The lowest BCUT2D eigenvalue weighted by Crippen LogP contribution is -2.48. The summed E-state index contributed by atoms with van der Waals surface area (Å²) in [5.74, 6) is 0.594. The first-order chi connectivity index (χ1) is 11.5. The van der Waals surface area contributed by atoms with Gasteiger partial charge in [-0.3, -0.25) is 9.69 Å². The number of benzene rings is 1. The Morgan fingerprint density at radius 2 is 1.83 bits per heavy atom. The minimum Gasteiger partial charge on any atom is -0.381 e. The normalized spacial score (nSPS) is 26.5. The topological polar surface area (TPSA) is 41.6 Å². The van der Waals surface area contributed by atoms with Gasteiger partial charge in [0.05, 0.1) is 6.04 Å². The Balaban J connectivity index is 1.70. The van der Waals surface area contributed by atoms with Crippen LogP contribution in [0.25, 0.3) is 0 Å². The van der Waals surface area contributed by atoms with Gasteiger partial charge in [0.25, 0.3) is 0 Å². The molecule has 0 aromatic heterocycles. The fourth-order valence-electron chi connectivity index (χ4n) is 4.19. The van der Waals surface area contributed by atoms with Crippen molar-refractivity contribution in [2.24, 2.45) is 11.3 Å². The van der Waals surface area contributed by atoms with Crippen LogP contribution >= 0.6 is 0 Å². The van der Waals surface area contributed by atoms with E-state index in [1.54, 1.807) is 0 Å². The van der Waals surface area contributed by atoms with Crippen LogP contribution in [0, 0.1) is 11.3 Å². The van der Waals surface area contributed by atoms with Crippen LogP contribution in [0.5, 0.6) is 0 Å². The molecular weight excluding hydrogens is 300 g/mol. The number of carbonyl (C=O) groups excluding carboxylic acids is 1. The minimum atomic E-state index is -0.341. The number of amides is 1. The maximum atomic E-state index is 13.0. The van der Waals surface area contributed by atoms with Crippen molar-refractivity contribution in [2.75, 3.05) is 26.8 Å². The molecule has 2 aliphatic heterocycles. The van der Waals surface area contributed by atoms with Gasteiger partial charge in [-0.1, -0.05) is 44.2 Å². The zero-order valence-electron chi connectivity index (χ0n) is 15.1. The monoisotopic (exact) mass is 330 g/mol. The lowest BCUT2D eigenvalue weighted by molar-refractivity contribution is -0.135. The fraction of sp³-hybridized carbons (Fsp3) is 0.650. The van der Waals surface area contributed by atoms with Crippen molar-refractivity contribution in [3.05, 3.63) is 35.9 Å². The Bertz CT molecular complexity index is 552. The number of hydrogen-bond donors (Lipinski definition) is 1. The average Bonchev–Trinajstić information content (AvgIpc) is 2.96. The van der Waals surface area contributed by atoms with E-state index in [9.17, 15) is 4.79 Å². The third kappa shape index (κ3) is 3.50. The van der Waals surface area contributed by atoms with E-state index in [-0.39, 0.29) is 23.4 Å².